The molecule has 0 aliphatic carbocycles. The second kappa shape index (κ2) is 6.27. The van der Waals surface area contributed by atoms with Crippen LogP contribution in [0.15, 0.2) is 0 Å². The molecule has 0 bridgehead atoms. The van der Waals surface area contributed by atoms with Crippen molar-refractivity contribution >= 4 is 0 Å². The highest BCUT2D eigenvalue weighted by Gasteiger charge is 2.24. The molecule has 2 rings (SSSR count). The topological polar surface area (TPSA) is 6.48 Å². The molecule has 2 nitrogen and oxygen atoms in total. The highest BCUT2D eigenvalue weighted by Crippen LogP contribution is 2.20. The summed E-state index contributed by atoms with van der Waals surface area (Å²) in [5.41, 5.74) is 0. The molecule has 2 saturated heterocycles. The largest absolute Gasteiger partial charge is 0.302 e. The van der Waals surface area contributed by atoms with Gasteiger partial charge in [0, 0.05) is 19.0 Å². The summed E-state index contributed by atoms with van der Waals surface area (Å²) in [6.45, 7) is 6.29. The van der Waals surface area contributed by atoms with Crippen LogP contribution in [0, 0.1) is 12.3 Å². The van der Waals surface area contributed by atoms with E-state index in [9.17, 15) is 0 Å². The van der Waals surface area contributed by atoms with E-state index in [4.69, 9.17) is 6.42 Å². The summed E-state index contributed by atoms with van der Waals surface area (Å²) in [6.07, 6.45) is 13.2. The molecule has 2 heterocycles. The maximum Gasteiger partial charge on any atom is 0.0214 e. The molecule has 0 saturated carbocycles. The molecule has 0 aromatic carbocycles. The number of hydrogen-bond acceptors (Lipinski definition) is 2. The van der Waals surface area contributed by atoms with Crippen molar-refractivity contribution in [1.82, 2.24) is 9.80 Å². The van der Waals surface area contributed by atoms with Crippen LogP contribution in [0.5, 0.6) is 0 Å². The van der Waals surface area contributed by atoms with Crippen molar-refractivity contribution in [3.05, 3.63) is 0 Å². The van der Waals surface area contributed by atoms with Crippen molar-refractivity contribution in [3.63, 3.8) is 0 Å². The summed E-state index contributed by atoms with van der Waals surface area (Å²) in [7, 11) is 0. The fourth-order valence-corrected chi connectivity index (χ4v) is 3.01. The second-order valence-corrected chi connectivity index (χ2v) is 5.12. The first-order chi connectivity index (χ1) is 7.90. The van der Waals surface area contributed by atoms with Crippen LogP contribution in [-0.4, -0.2) is 48.6 Å². The van der Waals surface area contributed by atoms with Gasteiger partial charge in [-0.3, -0.25) is 0 Å². The van der Waals surface area contributed by atoms with E-state index in [1.807, 2.05) is 0 Å². The highest BCUT2D eigenvalue weighted by molar-refractivity contribution is 4.87. The Bertz CT molecular complexity index is 230. The van der Waals surface area contributed by atoms with E-state index in [1.165, 1.54) is 58.3 Å². The molecule has 2 heteroatoms. The number of piperidine rings is 2. The van der Waals surface area contributed by atoms with Gasteiger partial charge in [0.2, 0.25) is 0 Å². The predicted octanol–water partition coefficient (Wildman–Crippen LogP) is 1.96. The monoisotopic (exact) mass is 220 g/mol. The van der Waals surface area contributed by atoms with Crippen molar-refractivity contribution in [2.24, 2.45) is 0 Å². The standard InChI is InChI=1S/C14H24N2/c1-2-3-9-15-12-7-14(8-13-15)16-10-5-4-6-11-16/h1,14H,3-13H2. The van der Waals surface area contributed by atoms with Gasteiger partial charge in [0.25, 0.3) is 0 Å². The summed E-state index contributed by atoms with van der Waals surface area (Å²) < 4.78 is 0. The molecule has 0 aromatic heterocycles. The number of likely N-dealkylation sites (tertiary alicyclic amines) is 2. The van der Waals surface area contributed by atoms with Crippen molar-refractivity contribution in [3.8, 4) is 12.3 Å². The van der Waals surface area contributed by atoms with E-state index < -0.39 is 0 Å². The molecule has 2 aliphatic heterocycles. The first-order valence-corrected chi connectivity index (χ1v) is 6.80. The minimum atomic E-state index is 0.863. The van der Waals surface area contributed by atoms with E-state index in [-0.39, 0.29) is 0 Å². The smallest absolute Gasteiger partial charge is 0.0214 e. The van der Waals surface area contributed by atoms with Crippen LogP contribution < -0.4 is 0 Å². The van der Waals surface area contributed by atoms with Crippen molar-refractivity contribution < 1.29 is 0 Å². The van der Waals surface area contributed by atoms with Crippen LogP contribution in [0.2, 0.25) is 0 Å². The molecule has 90 valence electrons. The van der Waals surface area contributed by atoms with Gasteiger partial charge in [0.05, 0.1) is 0 Å². The Balaban J connectivity index is 1.70. The molecule has 0 atom stereocenters. The lowest BCUT2D eigenvalue weighted by Gasteiger charge is -2.40. The van der Waals surface area contributed by atoms with Crippen molar-refractivity contribution in [2.45, 2.75) is 44.6 Å². The lowest BCUT2D eigenvalue weighted by molar-refractivity contribution is 0.0936. The van der Waals surface area contributed by atoms with Gasteiger partial charge in [-0.2, -0.15) is 0 Å². The number of terminal acetylenes is 1. The van der Waals surface area contributed by atoms with Gasteiger partial charge < -0.3 is 9.80 Å². The lowest BCUT2D eigenvalue weighted by Crippen LogP contribution is -2.46. The SMILES string of the molecule is C#CCCN1CCC(N2CCCCC2)CC1. The Morgan fingerprint density at radius 1 is 1.00 bits per heavy atom. The molecular formula is C14H24N2. The summed E-state index contributed by atoms with van der Waals surface area (Å²) in [5, 5.41) is 0. The number of rotatable bonds is 3. The van der Waals surface area contributed by atoms with E-state index in [1.54, 1.807) is 0 Å². The Kier molecular flexibility index (Phi) is 4.69. The van der Waals surface area contributed by atoms with Gasteiger partial charge in [0.1, 0.15) is 0 Å². The summed E-state index contributed by atoms with van der Waals surface area (Å²) in [4.78, 5) is 5.25. The number of hydrogen-bond donors (Lipinski definition) is 0. The Hall–Kier alpha value is -0.520. The molecule has 0 unspecified atom stereocenters. The first-order valence-electron chi connectivity index (χ1n) is 6.80. The zero-order valence-corrected chi connectivity index (χ0v) is 10.3. The maximum atomic E-state index is 5.30. The van der Waals surface area contributed by atoms with Gasteiger partial charge >= 0.3 is 0 Å². The van der Waals surface area contributed by atoms with E-state index in [0.29, 0.717) is 0 Å². The minimum Gasteiger partial charge on any atom is -0.302 e. The van der Waals surface area contributed by atoms with Crippen LogP contribution in [0.3, 0.4) is 0 Å². The molecular weight excluding hydrogens is 196 g/mol. The van der Waals surface area contributed by atoms with E-state index in [2.05, 4.69) is 15.7 Å². The molecule has 0 aromatic rings. The fraction of sp³-hybridized carbons (Fsp3) is 0.857. The van der Waals surface area contributed by atoms with Crippen LogP contribution in [0.1, 0.15) is 38.5 Å². The van der Waals surface area contributed by atoms with E-state index >= 15 is 0 Å². The van der Waals surface area contributed by atoms with Crippen LogP contribution in [0.25, 0.3) is 0 Å². The van der Waals surface area contributed by atoms with Crippen molar-refractivity contribution in [1.29, 1.82) is 0 Å². The third kappa shape index (κ3) is 3.23. The summed E-state index contributed by atoms with van der Waals surface area (Å²) in [5.74, 6) is 2.74. The summed E-state index contributed by atoms with van der Waals surface area (Å²) >= 11 is 0. The normalized spacial score (nSPS) is 25.4. The van der Waals surface area contributed by atoms with Gasteiger partial charge in [-0.05, 0) is 51.9 Å². The number of nitrogens with zero attached hydrogens (tertiary/aromatic N) is 2. The quantitative estimate of drug-likeness (QED) is 0.671. The summed E-state index contributed by atoms with van der Waals surface area (Å²) in [6, 6.07) is 0.863. The van der Waals surface area contributed by atoms with Gasteiger partial charge in [0.15, 0.2) is 0 Å². The first kappa shape index (κ1) is 12.0. The fourth-order valence-electron chi connectivity index (χ4n) is 3.01. The zero-order chi connectivity index (χ0) is 11.2. The van der Waals surface area contributed by atoms with Crippen molar-refractivity contribution in [2.75, 3.05) is 32.7 Å². The molecule has 16 heavy (non-hydrogen) atoms. The maximum absolute atomic E-state index is 5.30. The van der Waals surface area contributed by atoms with Gasteiger partial charge in [-0.1, -0.05) is 6.42 Å². The van der Waals surface area contributed by atoms with E-state index in [0.717, 1.165) is 19.0 Å². The Labute approximate surface area is 100.0 Å². The van der Waals surface area contributed by atoms with Gasteiger partial charge in [-0.15, -0.1) is 12.3 Å². The van der Waals surface area contributed by atoms with Gasteiger partial charge in [-0.25, -0.2) is 0 Å². The highest BCUT2D eigenvalue weighted by atomic mass is 15.2. The van der Waals surface area contributed by atoms with Crippen LogP contribution in [-0.2, 0) is 0 Å². The molecule has 2 aliphatic rings. The third-order valence-electron chi connectivity index (χ3n) is 4.04. The minimum absolute atomic E-state index is 0.863. The molecule has 0 spiro atoms. The van der Waals surface area contributed by atoms with Crippen LogP contribution >= 0.6 is 0 Å². The Morgan fingerprint density at radius 3 is 2.31 bits per heavy atom. The third-order valence-corrected chi connectivity index (χ3v) is 4.04. The lowest BCUT2D eigenvalue weighted by atomic mass is 10.00. The van der Waals surface area contributed by atoms with Crippen LogP contribution in [0.4, 0.5) is 0 Å². The molecule has 2 fully saturated rings. The molecule has 0 N–H and O–H groups in total. The molecule has 0 radical (unpaired) electrons. The molecule has 0 amide bonds. The Morgan fingerprint density at radius 2 is 1.69 bits per heavy atom. The average molecular weight is 220 g/mol. The average Bonchev–Trinajstić information content (AvgIpc) is 2.38. The predicted molar refractivity (Wildman–Crippen MR) is 68.3 cm³/mol. The zero-order valence-electron chi connectivity index (χ0n) is 10.3. The second-order valence-electron chi connectivity index (χ2n) is 5.12.